The van der Waals surface area contributed by atoms with Gasteiger partial charge < -0.3 is 15.5 Å². The number of aromatic nitrogens is 1. The van der Waals surface area contributed by atoms with Gasteiger partial charge >= 0.3 is 0 Å². The molecule has 2 aliphatic rings. The molecule has 3 heterocycles. The topological polar surface area (TPSA) is 89.9 Å². The number of pyridine rings is 1. The van der Waals surface area contributed by atoms with Crippen molar-refractivity contribution in [1.29, 1.82) is 0 Å². The molecule has 3 rings (SSSR count). The Morgan fingerprint density at radius 2 is 2.30 bits per heavy atom. The predicted octanol–water partition coefficient (Wildman–Crippen LogP) is 0.390. The van der Waals surface area contributed by atoms with E-state index >= 15 is 0 Å². The molecule has 0 amide bonds. The van der Waals surface area contributed by atoms with E-state index in [0.29, 0.717) is 50.9 Å². The zero-order valence-electron chi connectivity index (χ0n) is 15.6. The number of rotatable bonds is 6. The minimum atomic E-state index is -3.09. The van der Waals surface area contributed by atoms with Crippen molar-refractivity contribution in [3.8, 4) is 0 Å². The average Bonchev–Trinajstić information content (AvgIpc) is 3.22. The fraction of sp³-hybridized carbons (Fsp3) is 0.647. The number of aliphatic imine (C=N–C) groups is 1. The molecule has 0 bridgehead atoms. The first kappa shape index (κ1) is 19.8. The highest BCUT2D eigenvalue weighted by Gasteiger charge is 2.28. The summed E-state index contributed by atoms with van der Waals surface area (Å²) in [6, 6.07) is 3.13. The Hall–Kier alpha value is -1.94. The molecule has 1 aromatic rings. The van der Waals surface area contributed by atoms with Crippen LogP contribution in [-0.2, 0) is 10.0 Å². The lowest BCUT2D eigenvalue weighted by atomic mass is 10.3. The number of hydrogen-bond donors (Lipinski definition) is 2. The van der Waals surface area contributed by atoms with Crippen molar-refractivity contribution >= 4 is 21.8 Å². The smallest absolute Gasteiger partial charge is 0.214 e. The Bertz CT molecular complexity index is 772. The molecule has 2 aliphatic heterocycles. The van der Waals surface area contributed by atoms with Crippen LogP contribution in [0.2, 0.25) is 0 Å². The van der Waals surface area contributed by atoms with Gasteiger partial charge in [-0.15, -0.1) is 0 Å². The molecular formula is C17H27FN6O2S. The lowest BCUT2D eigenvalue weighted by Gasteiger charge is -2.20. The van der Waals surface area contributed by atoms with Crippen molar-refractivity contribution in [2.45, 2.75) is 25.8 Å². The summed E-state index contributed by atoms with van der Waals surface area (Å²) in [5, 5.41) is 6.55. The summed E-state index contributed by atoms with van der Waals surface area (Å²) >= 11 is 0. The van der Waals surface area contributed by atoms with Crippen LogP contribution in [0.3, 0.4) is 0 Å². The van der Waals surface area contributed by atoms with E-state index in [2.05, 4.69) is 20.6 Å². The first-order chi connectivity index (χ1) is 13.0. The van der Waals surface area contributed by atoms with Crippen molar-refractivity contribution in [1.82, 2.24) is 19.9 Å². The van der Waals surface area contributed by atoms with Gasteiger partial charge in [0.25, 0.3) is 0 Å². The van der Waals surface area contributed by atoms with Gasteiger partial charge in [0.2, 0.25) is 10.0 Å². The normalized spacial score (nSPS) is 23.0. The summed E-state index contributed by atoms with van der Waals surface area (Å²) in [6.45, 7) is 5.42. The molecule has 10 heteroatoms. The van der Waals surface area contributed by atoms with Crippen LogP contribution in [-0.4, -0.2) is 74.7 Å². The number of nitrogens with one attached hydrogen (secondary N) is 2. The molecule has 2 N–H and O–H groups in total. The van der Waals surface area contributed by atoms with Crippen LogP contribution >= 0.6 is 0 Å². The van der Waals surface area contributed by atoms with E-state index in [1.807, 2.05) is 11.8 Å². The molecule has 1 aromatic heterocycles. The second-order valence-electron chi connectivity index (χ2n) is 6.71. The third kappa shape index (κ3) is 5.07. The van der Waals surface area contributed by atoms with Gasteiger partial charge in [0.05, 0.1) is 12.3 Å². The maximum Gasteiger partial charge on any atom is 0.214 e. The molecular weight excluding hydrogens is 371 g/mol. The molecule has 0 radical (unpaired) electrons. The standard InChI is InChI=1S/C17H27FN6O2S/c1-2-19-17(21-8-11-24-9-4-12-27(24,25)26)22-14-6-10-23(13-14)16-15(18)5-3-7-20-16/h3,5,7,14H,2,4,6,8-13H2,1H3,(H2,19,21,22). The Morgan fingerprint density at radius 1 is 1.44 bits per heavy atom. The second kappa shape index (κ2) is 8.83. The zero-order valence-corrected chi connectivity index (χ0v) is 16.4. The van der Waals surface area contributed by atoms with Crippen LogP contribution in [0.5, 0.6) is 0 Å². The van der Waals surface area contributed by atoms with E-state index in [1.165, 1.54) is 10.4 Å². The van der Waals surface area contributed by atoms with Crippen molar-refractivity contribution in [3.63, 3.8) is 0 Å². The summed E-state index contributed by atoms with van der Waals surface area (Å²) in [4.78, 5) is 10.6. The number of sulfonamides is 1. The van der Waals surface area contributed by atoms with Crippen molar-refractivity contribution in [2.24, 2.45) is 4.99 Å². The highest BCUT2D eigenvalue weighted by molar-refractivity contribution is 7.89. The number of nitrogens with zero attached hydrogens (tertiary/aromatic N) is 4. The number of anilines is 1. The van der Waals surface area contributed by atoms with Crippen molar-refractivity contribution < 1.29 is 12.8 Å². The molecule has 1 atom stereocenters. The van der Waals surface area contributed by atoms with Gasteiger partial charge in [-0.05, 0) is 31.9 Å². The Kier molecular flexibility index (Phi) is 6.48. The molecule has 2 fully saturated rings. The largest absolute Gasteiger partial charge is 0.357 e. The maximum absolute atomic E-state index is 13.9. The lowest BCUT2D eigenvalue weighted by Crippen LogP contribution is -2.45. The maximum atomic E-state index is 13.9. The van der Waals surface area contributed by atoms with Crippen LogP contribution in [0.25, 0.3) is 0 Å². The fourth-order valence-corrected chi connectivity index (χ4v) is 4.93. The van der Waals surface area contributed by atoms with Crippen molar-refractivity contribution in [2.75, 3.05) is 49.9 Å². The molecule has 0 aromatic carbocycles. The van der Waals surface area contributed by atoms with Crippen LogP contribution in [0.4, 0.5) is 10.2 Å². The first-order valence-corrected chi connectivity index (χ1v) is 11.0. The zero-order chi connectivity index (χ0) is 19.3. The average molecular weight is 399 g/mol. The summed E-state index contributed by atoms with van der Waals surface area (Å²) in [6.07, 6.45) is 3.13. The third-order valence-corrected chi connectivity index (χ3v) is 6.69. The van der Waals surface area contributed by atoms with E-state index < -0.39 is 10.0 Å². The molecule has 0 aliphatic carbocycles. The number of hydrogen-bond acceptors (Lipinski definition) is 5. The lowest BCUT2D eigenvalue weighted by molar-refractivity contribution is 0.451. The van der Waals surface area contributed by atoms with E-state index in [1.54, 1.807) is 12.3 Å². The molecule has 8 nitrogen and oxygen atoms in total. The Morgan fingerprint density at radius 3 is 3.00 bits per heavy atom. The summed E-state index contributed by atoms with van der Waals surface area (Å²) in [5.74, 6) is 0.952. The summed E-state index contributed by atoms with van der Waals surface area (Å²) < 4.78 is 39.1. The molecule has 27 heavy (non-hydrogen) atoms. The van der Waals surface area contributed by atoms with Crippen molar-refractivity contribution in [3.05, 3.63) is 24.1 Å². The van der Waals surface area contributed by atoms with Gasteiger partial charge in [0.1, 0.15) is 0 Å². The van der Waals surface area contributed by atoms with Gasteiger partial charge in [-0.3, -0.25) is 4.99 Å². The fourth-order valence-electron chi connectivity index (χ4n) is 3.41. The van der Waals surface area contributed by atoms with E-state index in [9.17, 15) is 12.8 Å². The number of guanidine groups is 1. The molecule has 0 saturated carbocycles. The Balaban J connectivity index is 1.54. The molecule has 0 spiro atoms. The second-order valence-corrected chi connectivity index (χ2v) is 8.80. The van der Waals surface area contributed by atoms with Gasteiger partial charge in [0, 0.05) is 45.0 Å². The van der Waals surface area contributed by atoms with Crippen LogP contribution in [0.15, 0.2) is 23.3 Å². The summed E-state index contributed by atoms with van der Waals surface area (Å²) in [5.41, 5.74) is 0. The van der Waals surface area contributed by atoms with Crippen LogP contribution in [0, 0.1) is 5.82 Å². The highest BCUT2D eigenvalue weighted by atomic mass is 32.2. The molecule has 2 saturated heterocycles. The van der Waals surface area contributed by atoms with E-state index in [-0.39, 0.29) is 17.6 Å². The SMILES string of the molecule is CCNC(=NCCN1CCCS1(=O)=O)NC1CCN(c2ncccc2F)C1. The van der Waals surface area contributed by atoms with Crippen LogP contribution in [0.1, 0.15) is 19.8 Å². The predicted molar refractivity (Wildman–Crippen MR) is 104 cm³/mol. The quantitative estimate of drug-likeness (QED) is 0.532. The van der Waals surface area contributed by atoms with Gasteiger partial charge in [-0.2, -0.15) is 0 Å². The monoisotopic (exact) mass is 398 g/mol. The minimum absolute atomic E-state index is 0.125. The van der Waals surface area contributed by atoms with Gasteiger partial charge in [-0.1, -0.05) is 0 Å². The van der Waals surface area contributed by atoms with E-state index in [0.717, 1.165) is 13.0 Å². The molecule has 1 unspecified atom stereocenters. The highest BCUT2D eigenvalue weighted by Crippen LogP contribution is 2.20. The minimum Gasteiger partial charge on any atom is -0.357 e. The van der Waals surface area contributed by atoms with Gasteiger partial charge in [-0.25, -0.2) is 22.1 Å². The summed E-state index contributed by atoms with van der Waals surface area (Å²) in [7, 11) is -3.09. The Labute approximate surface area is 159 Å². The number of halogens is 1. The van der Waals surface area contributed by atoms with Crippen LogP contribution < -0.4 is 15.5 Å². The first-order valence-electron chi connectivity index (χ1n) is 9.37. The molecule has 150 valence electrons. The third-order valence-electron chi connectivity index (χ3n) is 4.73. The van der Waals surface area contributed by atoms with Gasteiger partial charge in [0.15, 0.2) is 17.6 Å². The van der Waals surface area contributed by atoms with E-state index in [4.69, 9.17) is 0 Å².